The second-order valence-electron chi connectivity index (χ2n) is 7.37. The summed E-state index contributed by atoms with van der Waals surface area (Å²) >= 11 is 0. The summed E-state index contributed by atoms with van der Waals surface area (Å²) in [5.74, 6) is 0. The fourth-order valence-electron chi connectivity index (χ4n) is 4.64. The number of benzene rings is 4. The van der Waals surface area contributed by atoms with Crippen LogP contribution in [-0.2, 0) is 0 Å². The van der Waals surface area contributed by atoms with E-state index >= 15 is 0 Å². The van der Waals surface area contributed by atoms with Crippen molar-refractivity contribution in [3.8, 4) is 0 Å². The number of hydrogen-bond acceptors (Lipinski definition) is 0. The predicted molar refractivity (Wildman–Crippen MR) is 120 cm³/mol. The smallest absolute Gasteiger partial charge is 0.114 e. The van der Waals surface area contributed by atoms with Crippen LogP contribution in [0.15, 0.2) is 84.9 Å². The Morgan fingerprint density at radius 1 is 0.536 bits per heavy atom. The van der Waals surface area contributed by atoms with E-state index in [0.29, 0.717) is 0 Å². The Kier molecular flexibility index (Phi) is 3.08. The van der Waals surface area contributed by atoms with E-state index in [9.17, 15) is 0 Å². The molecule has 6 rings (SSSR count). The number of nitrogens with zero attached hydrogens (tertiary/aromatic N) is 2. The highest BCUT2D eigenvalue weighted by Gasteiger charge is 2.18. The summed E-state index contributed by atoms with van der Waals surface area (Å²) in [6.07, 6.45) is 0. The standard InChI is InChI=1S/C25H17BN2/c1-16-8-6-14-22-24(16)17-9-2-4-12-20(17)27(22)28-21-13-5-3-10-18(21)25-19(26)11-7-15-23(25)28/h2-15H,1H3. The number of rotatable bonds is 1. The second kappa shape index (κ2) is 5.52. The van der Waals surface area contributed by atoms with E-state index in [1.807, 2.05) is 12.1 Å². The average Bonchev–Trinajstić information content (AvgIpc) is 3.22. The molecule has 0 spiro atoms. The zero-order valence-corrected chi connectivity index (χ0v) is 15.6. The highest BCUT2D eigenvalue weighted by Crippen LogP contribution is 2.35. The molecule has 28 heavy (non-hydrogen) atoms. The minimum absolute atomic E-state index is 0.810. The van der Waals surface area contributed by atoms with Gasteiger partial charge in [-0.2, -0.15) is 0 Å². The van der Waals surface area contributed by atoms with Gasteiger partial charge in [0.25, 0.3) is 0 Å². The summed E-state index contributed by atoms with van der Waals surface area (Å²) in [4.78, 5) is 0. The van der Waals surface area contributed by atoms with Crippen LogP contribution in [-0.4, -0.2) is 17.2 Å². The average molecular weight is 356 g/mol. The molecule has 3 heteroatoms. The first-order valence-corrected chi connectivity index (χ1v) is 9.53. The highest BCUT2D eigenvalue weighted by molar-refractivity contribution is 6.41. The normalized spacial score (nSPS) is 11.9. The SMILES string of the molecule is [B]c1cccc2c1c1ccccc1n2-n1c2ccccc2c2c(C)cccc21. The van der Waals surface area contributed by atoms with Gasteiger partial charge in [0.2, 0.25) is 0 Å². The molecule has 130 valence electrons. The van der Waals surface area contributed by atoms with Crippen LogP contribution in [0, 0.1) is 6.92 Å². The lowest BCUT2D eigenvalue weighted by Gasteiger charge is -2.13. The lowest BCUT2D eigenvalue weighted by Crippen LogP contribution is -2.09. The number of para-hydroxylation sites is 2. The van der Waals surface area contributed by atoms with E-state index in [2.05, 4.69) is 89.1 Å². The minimum Gasteiger partial charge on any atom is -0.248 e. The summed E-state index contributed by atoms with van der Waals surface area (Å²) < 4.78 is 4.65. The maximum absolute atomic E-state index is 6.42. The largest absolute Gasteiger partial charge is 0.248 e. The molecule has 6 aromatic rings. The molecule has 4 aromatic carbocycles. The van der Waals surface area contributed by atoms with Crippen molar-refractivity contribution in [3.05, 3.63) is 90.5 Å². The van der Waals surface area contributed by atoms with E-state index in [0.717, 1.165) is 21.9 Å². The molecule has 0 amide bonds. The molecule has 0 aliphatic carbocycles. The van der Waals surface area contributed by atoms with Crippen molar-refractivity contribution in [1.29, 1.82) is 0 Å². The van der Waals surface area contributed by atoms with Gasteiger partial charge in [0.15, 0.2) is 0 Å². The van der Waals surface area contributed by atoms with Crippen LogP contribution in [0.1, 0.15) is 5.56 Å². The van der Waals surface area contributed by atoms with E-state index in [1.54, 1.807) is 0 Å². The molecular formula is C25H17BN2. The lowest BCUT2D eigenvalue weighted by molar-refractivity contribution is 0.775. The molecule has 0 aliphatic rings. The van der Waals surface area contributed by atoms with E-state index in [4.69, 9.17) is 7.85 Å². The number of aromatic nitrogens is 2. The maximum Gasteiger partial charge on any atom is 0.114 e. The van der Waals surface area contributed by atoms with Crippen molar-refractivity contribution in [2.24, 2.45) is 0 Å². The third kappa shape index (κ3) is 1.88. The molecule has 0 bridgehead atoms. The zero-order valence-electron chi connectivity index (χ0n) is 15.6. The van der Waals surface area contributed by atoms with Gasteiger partial charge in [-0.3, -0.25) is 0 Å². The van der Waals surface area contributed by atoms with E-state index in [-0.39, 0.29) is 0 Å². The lowest BCUT2D eigenvalue weighted by atomic mass is 9.91. The Hall–Kier alpha value is -3.46. The molecule has 2 radical (unpaired) electrons. The molecule has 0 saturated heterocycles. The molecule has 0 unspecified atom stereocenters. The first-order chi connectivity index (χ1) is 13.8. The second-order valence-corrected chi connectivity index (χ2v) is 7.37. The van der Waals surface area contributed by atoms with Gasteiger partial charge in [-0.15, -0.1) is 0 Å². The van der Waals surface area contributed by atoms with Crippen molar-refractivity contribution < 1.29 is 0 Å². The Bertz CT molecular complexity index is 1420. The third-order valence-electron chi connectivity index (χ3n) is 5.79. The van der Waals surface area contributed by atoms with Gasteiger partial charge in [0, 0.05) is 21.5 Å². The van der Waals surface area contributed by atoms with Gasteiger partial charge in [0.1, 0.15) is 7.85 Å². The molecule has 0 N–H and O–H groups in total. The Balaban J connectivity index is 1.94. The fraction of sp³-hybridized carbons (Fsp3) is 0.0400. The van der Waals surface area contributed by atoms with Crippen molar-refractivity contribution in [1.82, 2.24) is 9.35 Å². The van der Waals surface area contributed by atoms with Crippen LogP contribution in [0.5, 0.6) is 0 Å². The maximum atomic E-state index is 6.42. The number of hydrogen-bond donors (Lipinski definition) is 0. The monoisotopic (exact) mass is 356 g/mol. The summed E-state index contributed by atoms with van der Waals surface area (Å²) in [5, 5.41) is 4.85. The Morgan fingerprint density at radius 3 is 1.71 bits per heavy atom. The van der Waals surface area contributed by atoms with Crippen molar-refractivity contribution in [2.45, 2.75) is 6.92 Å². The topological polar surface area (TPSA) is 9.86 Å². The first-order valence-electron chi connectivity index (χ1n) is 9.53. The molecular weight excluding hydrogens is 339 g/mol. The van der Waals surface area contributed by atoms with Crippen molar-refractivity contribution in [2.75, 3.05) is 0 Å². The van der Waals surface area contributed by atoms with Crippen LogP contribution in [0.4, 0.5) is 0 Å². The first kappa shape index (κ1) is 15.6. The van der Waals surface area contributed by atoms with Crippen LogP contribution < -0.4 is 5.46 Å². The molecule has 2 heterocycles. The zero-order chi connectivity index (χ0) is 18.8. The van der Waals surface area contributed by atoms with Gasteiger partial charge >= 0.3 is 0 Å². The van der Waals surface area contributed by atoms with Crippen LogP contribution in [0.25, 0.3) is 43.6 Å². The van der Waals surface area contributed by atoms with Crippen LogP contribution >= 0.6 is 0 Å². The molecule has 0 aliphatic heterocycles. The van der Waals surface area contributed by atoms with Gasteiger partial charge in [0.05, 0.1) is 22.1 Å². The highest BCUT2D eigenvalue weighted by atomic mass is 15.5. The quantitative estimate of drug-likeness (QED) is 0.353. The van der Waals surface area contributed by atoms with Crippen molar-refractivity contribution in [3.63, 3.8) is 0 Å². The summed E-state index contributed by atoms with van der Waals surface area (Å²) in [7, 11) is 6.42. The Labute approximate surface area is 164 Å². The number of fused-ring (bicyclic) bond motifs is 6. The summed E-state index contributed by atoms with van der Waals surface area (Å²) in [6, 6.07) is 29.8. The fourth-order valence-corrected chi connectivity index (χ4v) is 4.64. The molecule has 0 fully saturated rings. The van der Waals surface area contributed by atoms with Crippen LogP contribution in [0.3, 0.4) is 0 Å². The van der Waals surface area contributed by atoms with Gasteiger partial charge in [-0.05, 0) is 36.8 Å². The third-order valence-corrected chi connectivity index (χ3v) is 5.79. The minimum atomic E-state index is 0.810. The van der Waals surface area contributed by atoms with Crippen LogP contribution in [0.2, 0.25) is 0 Å². The summed E-state index contributed by atoms with van der Waals surface area (Å²) in [6.45, 7) is 2.18. The van der Waals surface area contributed by atoms with E-state index in [1.165, 1.54) is 32.8 Å². The van der Waals surface area contributed by atoms with Gasteiger partial charge in [-0.1, -0.05) is 66.1 Å². The van der Waals surface area contributed by atoms with Gasteiger partial charge < -0.3 is 0 Å². The van der Waals surface area contributed by atoms with Crippen molar-refractivity contribution >= 4 is 56.9 Å². The molecule has 0 saturated carbocycles. The molecule has 2 nitrogen and oxygen atoms in total. The Morgan fingerprint density at radius 2 is 1.04 bits per heavy atom. The predicted octanol–water partition coefficient (Wildman–Crippen LogP) is 5.32. The van der Waals surface area contributed by atoms with E-state index < -0.39 is 0 Å². The molecule has 2 aromatic heterocycles. The van der Waals surface area contributed by atoms with Gasteiger partial charge in [-0.25, -0.2) is 9.35 Å². The summed E-state index contributed by atoms with van der Waals surface area (Å²) in [5.41, 5.74) is 6.75. The number of aryl methyl sites for hydroxylation is 1. The molecule has 0 atom stereocenters.